The third-order valence-corrected chi connectivity index (χ3v) is 3.25. The van der Waals surface area contributed by atoms with Crippen molar-refractivity contribution in [1.29, 1.82) is 0 Å². The number of aryl methyl sites for hydroxylation is 1. The van der Waals surface area contributed by atoms with Crippen LogP contribution in [-0.4, -0.2) is 38.9 Å². The van der Waals surface area contributed by atoms with E-state index in [-0.39, 0.29) is 12.4 Å². The Hall–Kier alpha value is -1.17. The summed E-state index contributed by atoms with van der Waals surface area (Å²) < 4.78 is 1.36. The number of benzene rings is 1. The smallest absolute Gasteiger partial charge is 0.168 e. The van der Waals surface area contributed by atoms with Gasteiger partial charge in [-0.25, -0.2) is 0 Å². The van der Waals surface area contributed by atoms with Crippen molar-refractivity contribution in [2.45, 2.75) is 12.4 Å². The van der Waals surface area contributed by atoms with E-state index in [0.29, 0.717) is 12.4 Å². The highest BCUT2D eigenvalue weighted by molar-refractivity contribution is 6.35. The normalized spacial score (nSPS) is 16.5. The third-order valence-electron chi connectivity index (χ3n) is 2.62. The molecule has 104 valence electrons. The van der Waals surface area contributed by atoms with Gasteiger partial charge in [0.05, 0.1) is 0 Å². The van der Waals surface area contributed by atoms with E-state index in [1.54, 1.807) is 0 Å². The second kappa shape index (κ2) is 6.84. The molecule has 0 spiro atoms. The minimum absolute atomic E-state index is 0. The molecule has 1 aliphatic heterocycles. The molecule has 5 nitrogen and oxygen atoms in total. The molecule has 1 unspecified atom stereocenters. The van der Waals surface area contributed by atoms with Crippen LogP contribution in [0.15, 0.2) is 34.5 Å². The van der Waals surface area contributed by atoms with E-state index in [1.807, 2.05) is 31.2 Å². The van der Waals surface area contributed by atoms with E-state index in [9.17, 15) is 5.21 Å². The van der Waals surface area contributed by atoms with Crippen LogP contribution in [-0.2, 0) is 0 Å². The molecule has 1 aliphatic rings. The van der Waals surface area contributed by atoms with Crippen LogP contribution in [0.4, 0.5) is 0 Å². The fourth-order valence-corrected chi connectivity index (χ4v) is 2.12. The Labute approximate surface area is 127 Å². The van der Waals surface area contributed by atoms with E-state index >= 15 is 0 Å². The van der Waals surface area contributed by atoms with Gasteiger partial charge in [0, 0.05) is 17.3 Å². The first kappa shape index (κ1) is 15.9. The lowest BCUT2D eigenvalue weighted by Crippen LogP contribution is -2.35. The lowest BCUT2D eigenvalue weighted by Gasteiger charge is -2.22. The fourth-order valence-electron chi connectivity index (χ4n) is 1.70. The highest BCUT2D eigenvalue weighted by Gasteiger charge is 2.27. The highest BCUT2D eigenvalue weighted by Crippen LogP contribution is 2.19. The lowest BCUT2D eigenvalue weighted by atomic mass is 10.0. The number of oxime groups is 1. The molecule has 0 saturated carbocycles. The summed E-state index contributed by atoms with van der Waals surface area (Å²) in [4.78, 5) is 0. The minimum atomic E-state index is -0.684. The Kier molecular flexibility index (Phi) is 5.72. The molecule has 1 atom stereocenters. The Morgan fingerprint density at radius 1 is 1.47 bits per heavy atom. The molecule has 19 heavy (non-hydrogen) atoms. The summed E-state index contributed by atoms with van der Waals surface area (Å²) in [7, 11) is 0. The average molecular weight is 324 g/mol. The largest absolute Gasteiger partial charge is 0.411 e. The van der Waals surface area contributed by atoms with Crippen molar-refractivity contribution in [1.82, 2.24) is 9.43 Å². The van der Waals surface area contributed by atoms with Gasteiger partial charge in [-0.3, -0.25) is 9.43 Å². The Morgan fingerprint density at radius 2 is 2.16 bits per heavy atom. The highest BCUT2D eigenvalue weighted by atomic mass is 35.5. The fraction of sp³-hybridized carbons (Fsp3) is 0.273. The first-order valence-corrected chi connectivity index (χ1v) is 6.06. The number of alkyl halides is 1. The Bertz CT molecular complexity index is 495. The van der Waals surface area contributed by atoms with Gasteiger partial charge >= 0.3 is 0 Å². The zero-order valence-electron chi connectivity index (χ0n) is 10.1. The monoisotopic (exact) mass is 322 g/mol. The number of halogens is 3. The molecule has 1 aromatic rings. The van der Waals surface area contributed by atoms with Gasteiger partial charge in [-0.2, -0.15) is 5.10 Å². The molecule has 1 N–H and O–H groups in total. The summed E-state index contributed by atoms with van der Waals surface area (Å²) in [6.07, 6.45) is 1.45. The topological polar surface area (TPSA) is 51.4 Å². The molecule has 0 saturated heterocycles. The molecule has 0 fully saturated rings. The van der Waals surface area contributed by atoms with Crippen LogP contribution in [0.2, 0.25) is 0 Å². The molecular weight excluding hydrogens is 311 g/mol. The second-order valence-corrected chi connectivity index (χ2v) is 4.70. The van der Waals surface area contributed by atoms with Gasteiger partial charge in [-0.15, -0.1) is 12.4 Å². The van der Waals surface area contributed by atoms with E-state index < -0.39 is 5.50 Å². The maximum atomic E-state index is 9.18. The van der Waals surface area contributed by atoms with Gasteiger partial charge in [-0.1, -0.05) is 41.0 Å². The molecule has 0 amide bonds. The van der Waals surface area contributed by atoms with Crippen molar-refractivity contribution in [2.24, 2.45) is 10.3 Å². The van der Waals surface area contributed by atoms with Gasteiger partial charge in [0.25, 0.3) is 0 Å². The van der Waals surface area contributed by atoms with E-state index in [0.717, 1.165) is 11.1 Å². The SMILES string of the molecule is Cc1ccccc1C(=NO)C(Cl)N1CN(Cl)C=N1.Cl. The summed E-state index contributed by atoms with van der Waals surface area (Å²) in [5.41, 5.74) is 1.42. The summed E-state index contributed by atoms with van der Waals surface area (Å²) in [5.74, 6) is 0. The van der Waals surface area contributed by atoms with Crippen LogP contribution in [0.25, 0.3) is 0 Å². The van der Waals surface area contributed by atoms with Crippen molar-refractivity contribution >= 4 is 47.8 Å². The first-order valence-electron chi connectivity index (χ1n) is 5.28. The van der Waals surface area contributed by atoms with Gasteiger partial charge in [-0.05, 0) is 12.5 Å². The molecule has 1 heterocycles. The van der Waals surface area contributed by atoms with Crippen LogP contribution in [0.1, 0.15) is 11.1 Å². The maximum Gasteiger partial charge on any atom is 0.168 e. The molecule has 1 aromatic carbocycles. The lowest BCUT2D eigenvalue weighted by molar-refractivity contribution is 0.279. The summed E-state index contributed by atoms with van der Waals surface area (Å²) in [6.45, 7) is 2.26. The molecule has 0 aliphatic carbocycles. The van der Waals surface area contributed by atoms with Crippen LogP contribution in [0, 0.1) is 6.92 Å². The van der Waals surface area contributed by atoms with Crippen LogP contribution >= 0.6 is 35.8 Å². The van der Waals surface area contributed by atoms with Crippen molar-refractivity contribution in [3.8, 4) is 0 Å². The minimum Gasteiger partial charge on any atom is -0.411 e. The van der Waals surface area contributed by atoms with Crippen LogP contribution in [0.3, 0.4) is 0 Å². The van der Waals surface area contributed by atoms with Gasteiger partial charge in [0.2, 0.25) is 0 Å². The standard InChI is InChI=1S/C11H12Cl2N4O.ClH/c1-8-4-2-3-5-9(8)10(15-18)11(12)17-7-16(13)6-14-17;/h2-6,11,18H,7H2,1H3;1H. The van der Waals surface area contributed by atoms with E-state index in [4.69, 9.17) is 23.4 Å². The molecule has 0 bridgehead atoms. The zero-order chi connectivity index (χ0) is 13.1. The van der Waals surface area contributed by atoms with Crippen molar-refractivity contribution in [3.05, 3.63) is 35.4 Å². The number of hydrazone groups is 1. The Morgan fingerprint density at radius 3 is 2.68 bits per heavy atom. The predicted molar refractivity (Wildman–Crippen MR) is 79.3 cm³/mol. The van der Waals surface area contributed by atoms with E-state index in [2.05, 4.69) is 10.3 Å². The van der Waals surface area contributed by atoms with Crippen molar-refractivity contribution < 1.29 is 5.21 Å². The Balaban J connectivity index is 0.00000180. The molecule has 2 rings (SSSR count). The summed E-state index contributed by atoms with van der Waals surface area (Å²) >= 11 is 12.0. The predicted octanol–water partition coefficient (Wildman–Crippen LogP) is 2.83. The van der Waals surface area contributed by atoms with Crippen molar-refractivity contribution in [3.63, 3.8) is 0 Å². The average Bonchev–Trinajstić information content (AvgIpc) is 2.79. The van der Waals surface area contributed by atoms with Gasteiger partial charge < -0.3 is 5.21 Å². The van der Waals surface area contributed by atoms with Crippen LogP contribution < -0.4 is 0 Å². The quantitative estimate of drug-likeness (QED) is 0.232. The molecule has 0 radical (unpaired) electrons. The number of rotatable bonds is 3. The number of hydrogen-bond donors (Lipinski definition) is 1. The van der Waals surface area contributed by atoms with Gasteiger partial charge in [0.1, 0.15) is 18.7 Å². The first-order chi connectivity index (χ1) is 8.63. The maximum absolute atomic E-state index is 9.18. The van der Waals surface area contributed by atoms with E-state index in [1.165, 1.54) is 15.8 Å². The van der Waals surface area contributed by atoms with Gasteiger partial charge in [0.15, 0.2) is 5.50 Å². The number of hydrogen-bond acceptors (Lipinski definition) is 5. The molecule has 0 aromatic heterocycles. The second-order valence-electron chi connectivity index (χ2n) is 3.85. The molecule has 8 heteroatoms. The summed E-state index contributed by atoms with van der Waals surface area (Å²) in [6, 6.07) is 7.53. The zero-order valence-corrected chi connectivity index (χ0v) is 12.4. The third kappa shape index (κ3) is 3.43. The molecular formula is C11H13Cl3N4O. The van der Waals surface area contributed by atoms with Crippen molar-refractivity contribution in [2.75, 3.05) is 6.67 Å². The number of nitrogens with zero attached hydrogens (tertiary/aromatic N) is 4. The summed E-state index contributed by atoms with van der Waals surface area (Å²) in [5, 5.41) is 18.0. The van der Waals surface area contributed by atoms with Crippen LogP contribution in [0.5, 0.6) is 0 Å².